The molecule has 2 aromatic rings. The highest BCUT2D eigenvalue weighted by Crippen LogP contribution is 2.17. The normalized spacial score (nSPS) is 11.3. The zero-order valence-electron chi connectivity index (χ0n) is 9.34. The van der Waals surface area contributed by atoms with Crippen LogP contribution in [0.2, 0.25) is 0 Å². The van der Waals surface area contributed by atoms with Gasteiger partial charge in [0.05, 0.1) is 18.1 Å². The van der Waals surface area contributed by atoms with E-state index < -0.39 is 21.7 Å². The van der Waals surface area contributed by atoms with E-state index in [1.165, 1.54) is 0 Å². The fraction of sp³-hybridized carbons (Fsp3) is 0. The van der Waals surface area contributed by atoms with Crippen molar-refractivity contribution in [2.45, 2.75) is 4.90 Å². The van der Waals surface area contributed by atoms with E-state index in [0.717, 1.165) is 30.6 Å². The molecule has 19 heavy (non-hydrogen) atoms. The first kappa shape index (κ1) is 13.1. The SMILES string of the molecule is Nc1ncc(S(=O)(=O)Nc2ccc(F)c(F)c2)cn1. The van der Waals surface area contributed by atoms with E-state index in [9.17, 15) is 17.2 Å². The van der Waals surface area contributed by atoms with Crippen LogP contribution in [0.1, 0.15) is 0 Å². The summed E-state index contributed by atoms with van der Waals surface area (Å²) in [5, 5.41) is 0. The van der Waals surface area contributed by atoms with Crippen LogP contribution in [-0.4, -0.2) is 18.4 Å². The van der Waals surface area contributed by atoms with Gasteiger partial charge in [-0.05, 0) is 12.1 Å². The predicted octanol–water partition coefficient (Wildman–Crippen LogP) is 1.14. The van der Waals surface area contributed by atoms with Crippen LogP contribution in [0.15, 0.2) is 35.5 Å². The van der Waals surface area contributed by atoms with Crippen molar-refractivity contribution in [3.63, 3.8) is 0 Å². The fourth-order valence-corrected chi connectivity index (χ4v) is 2.18. The Bertz CT molecular complexity index is 704. The number of nitrogen functional groups attached to an aromatic ring is 1. The molecule has 0 aliphatic rings. The summed E-state index contributed by atoms with van der Waals surface area (Å²) in [6.45, 7) is 0. The topological polar surface area (TPSA) is 98.0 Å². The van der Waals surface area contributed by atoms with Crippen molar-refractivity contribution in [2.24, 2.45) is 0 Å². The standard InChI is InChI=1S/C10H8F2N4O2S/c11-8-2-1-6(3-9(8)12)16-19(17,18)7-4-14-10(13)15-5-7/h1-5,16H,(H2,13,14,15). The van der Waals surface area contributed by atoms with Gasteiger partial charge in [0, 0.05) is 6.07 Å². The molecule has 1 aromatic carbocycles. The minimum Gasteiger partial charge on any atom is -0.368 e. The first-order valence-electron chi connectivity index (χ1n) is 4.94. The summed E-state index contributed by atoms with van der Waals surface area (Å²) in [6, 6.07) is 2.63. The van der Waals surface area contributed by atoms with Gasteiger partial charge in [0.2, 0.25) is 5.95 Å². The number of hydrogen-bond acceptors (Lipinski definition) is 5. The van der Waals surface area contributed by atoms with Crippen LogP contribution in [0, 0.1) is 11.6 Å². The third-order valence-corrected chi connectivity index (χ3v) is 3.47. The third-order valence-electron chi connectivity index (χ3n) is 2.13. The number of nitrogens with two attached hydrogens (primary N) is 1. The number of nitrogens with zero attached hydrogens (tertiary/aromatic N) is 2. The van der Waals surface area contributed by atoms with E-state index in [2.05, 4.69) is 14.7 Å². The van der Waals surface area contributed by atoms with E-state index in [1.807, 2.05) is 0 Å². The van der Waals surface area contributed by atoms with Gasteiger partial charge in [-0.25, -0.2) is 27.2 Å². The number of sulfonamides is 1. The third kappa shape index (κ3) is 2.94. The lowest BCUT2D eigenvalue weighted by Crippen LogP contribution is -2.14. The van der Waals surface area contributed by atoms with Gasteiger partial charge in [0.1, 0.15) is 4.90 Å². The molecule has 6 nitrogen and oxygen atoms in total. The summed E-state index contributed by atoms with van der Waals surface area (Å²) >= 11 is 0. The number of hydrogen-bond donors (Lipinski definition) is 2. The molecule has 2 rings (SSSR count). The summed E-state index contributed by atoms with van der Waals surface area (Å²) in [5.74, 6) is -2.31. The second-order valence-corrected chi connectivity index (χ2v) is 5.19. The minimum absolute atomic E-state index is 0.0771. The Balaban J connectivity index is 2.30. The van der Waals surface area contributed by atoms with Crippen LogP contribution in [0.4, 0.5) is 20.4 Å². The van der Waals surface area contributed by atoms with Crippen LogP contribution in [0.5, 0.6) is 0 Å². The van der Waals surface area contributed by atoms with Crippen LogP contribution in [0.3, 0.4) is 0 Å². The van der Waals surface area contributed by atoms with Crippen molar-refractivity contribution in [1.82, 2.24) is 9.97 Å². The second-order valence-electron chi connectivity index (χ2n) is 3.51. The first-order valence-corrected chi connectivity index (χ1v) is 6.42. The van der Waals surface area contributed by atoms with Crippen LogP contribution >= 0.6 is 0 Å². The summed E-state index contributed by atoms with van der Waals surface area (Å²) in [7, 11) is -3.98. The van der Waals surface area contributed by atoms with Crippen molar-refractivity contribution < 1.29 is 17.2 Å². The van der Waals surface area contributed by atoms with Crippen molar-refractivity contribution >= 4 is 21.7 Å². The maximum Gasteiger partial charge on any atom is 0.264 e. The van der Waals surface area contributed by atoms with Crippen molar-refractivity contribution in [2.75, 3.05) is 10.5 Å². The van der Waals surface area contributed by atoms with Gasteiger partial charge in [0.15, 0.2) is 11.6 Å². The predicted molar refractivity (Wildman–Crippen MR) is 63.6 cm³/mol. The van der Waals surface area contributed by atoms with Gasteiger partial charge < -0.3 is 5.73 Å². The quantitative estimate of drug-likeness (QED) is 0.881. The van der Waals surface area contributed by atoms with Crippen LogP contribution in [0.25, 0.3) is 0 Å². The molecule has 0 fully saturated rings. The number of benzene rings is 1. The Morgan fingerprint density at radius 1 is 1.11 bits per heavy atom. The van der Waals surface area contributed by atoms with Crippen LogP contribution in [-0.2, 0) is 10.0 Å². The maximum atomic E-state index is 13.0. The molecule has 1 aromatic heterocycles. The molecule has 0 saturated heterocycles. The lowest BCUT2D eigenvalue weighted by molar-refractivity contribution is 0.509. The molecular weight excluding hydrogens is 278 g/mol. The Labute approximate surface area is 107 Å². The van der Waals surface area contributed by atoms with E-state index in [1.54, 1.807) is 0 Å². The van der Waals surface area contributed by atoms with Gasteiger partial charge in [-0.3, -0.25) is 4.72 Å². The van der Waals surface area contributed by atoms with Gasteiger partial charge in [-0.15, -0.1) is 0 Å². The Morgan fingerprint density at radius 3 is 2.32 bits per heavy atom. The molecule has 0 atom stereocenters. The van der Waals surface area contributed by atoms with Gasteiger partial charge in [0.25, 0.3) is 10.0 Å². The van der Waals surface area contributed by atoms with Crippen molar-refractivity contribution in [3.8, 4) is 0 Å². The number of aromatic nitrogens is 2. The second kappa shape index (κ2) is 4.76. The monoisotopic (exact) mass is 286 g/mol. The molecule has 9 heteroatoms. The molecule has 0 amide bonds. The summed E-state index contributed by atoms with van der Waals surface area (Å²) < 4.78 is 51.5. The number of anilines is 2. The first-order chi connectivity index (χ1) is 8.88. The summed E-state index contributed by atoms with van der Waals surface area (Å²) in [6.07, 6.45) is 2.01. The Hall–Kier alpha value is -2.29. The number of nitrogens with one attached hydrogen (secondary N) is 1. The summed E-state index contributed by atoms with van der Waals surface area (Å²) in [5.41, 5.74) is 5.12. The molecule has 0 saturated carbocycles. The maximum absolute atomic E-state index is 13.0. The fourth-order valence-electron chi connectivity index (χ4n) is 1.24. The molecule has 0 unspecified atom stereocenters. The van der Waals surface area contributed by atoms with Gasteiger partial charge in [-0.1, -0.05) is 0 Å². The zero-order chi connectivity index (χ0) is 14.0. The molecule has 3 N–H and O–H groups in total. The Morgan fingerprint density at radius 2 is 1.74 bits per heavy atom. The summed E-state index contributed by atoms with van der Waals surface area (Å²) in [4.78, 5) is 6.82. The highest BCUT2D eigenvalue weighted by molar-refractivity contribution is 7.92. The molecule has 0 bridgehead atoms. The van der Waals surface area contributed by atoms with E-state index >= 15 is 0 Å². The number of rotatable bonds is 3. The number of halogens is 2. The molecule has 0 radical (unpaired) electrons. The van der Waals surface area contributed by atoms with E-state index in [-0.39, 0.29) is 16.5 Å². The lowest BCUT2D eigenvalue weighted by atomic mass is 10.3. The minimum atomic E-state index is -3.98. The average molecular weight is 286 g/mol. The molecular formula is C10H8F2N4O2S. The Kier molecular flexibility index (Phi) is 3.30. The van der Waals surface area contributed by atoms with Gasteiger partial charge in [-0.2, -0.15) is 0 Å². The largest absolute Gasteiger partial charge is 0.368 e. The van der Waals surface area contributed by atoms with Crippen molar-refractivity contribution in [3.05, 3.63) is 42.2 Å². The van der Waals surface area contributed by atoms with E-state index in [0.29, 0.717) is 0 Å². The molecule has 100 valence electrons. The smallest absolute Gasteiger partial charge is 0.264 e. The zero-order valence-corrected chi connectivity index (χ0v) is 10.2. The highest BCUT2D eigenvalue weighted by Gasteiger charge is 2.16. The molecule has 0 spiro atoms. The van der Waals surface area contributed by atoms with Gasteiger partial charge >= 0.3 is 0 Å². The molecule has 0 aliphatic heterocycles. The lowest BCUT2D eigenvalue weighted by Gasteiger charge is -2.07. The molecule has 1 heterocycles. The van der Waals surface area contributed by atoms with E-state index in [4.69, 9.17) is 5.73 Å². The van der Waals surface area contributed by atoms with Crippen LogP contribution < -0.4 is 10.5 Å². The highest BCUT2D eigenvalue weighted by atomic mass is 32.2. The average Bonchev–Trinajstić information content (AvgIpc) is 2.34. The molecule has 0 aliphatic carbocycles. The van der Waals surface area contributed by atoms with Crippen molar-refractivity contribution in [1.29, 1.82) is 0 Å².